The maximum atomic E-state index is 11.5. The van der Waals surface area contributed by atoms with Gasteiger partial charge in [0.15, 0.2) is 0 Å². The van der Waals surface area contributed by atoms with Crippen molar-refractivity contribution in [2.24, 2.45) is 5.73 Å². The van der Waals surface area contributed by atoms with Crippen LogP contribution in [-0.2, 0) is 17.9 Å². The molecule has 0 saturated carbocycles. The number of hydrogen-bond acceptors (Lipinski definition) is 3. The third-order valence-electron chi connectivity index (χ3n) is 2.03. The number of H-pyrrole nitrogens is 1. The monoisotopic (exact) mass is 196 g/mol. The van der Waals surface area contributed by atoms with Gasteiger partial charge in [-0.1, -0.05) is 0 Å². The predicted molar refractivity (Wildman–Crippen MR) is 55.0 cm³/mol. The average Bonchev–Trinajstić information content (AvgIpc) is 2.14. The van der Waals surface area contributed by atoms with Gasteiger partial charge in [0.25, 0.3) is 5.56 Å². The van der Waals surface area contributed by atoms with Crippen LogP contribution in [0, 0.1) is 6.92 Å². The average molecular weight is 196 g/mol. The first-order chi connectivity index (χ1) is 6.69. The molecule has 0 atom stereocenters. The first-order valence-corrected chi connectivity index (χ1v) is 4.68. The van der Waals surface area contributed by atoms with Crippen molar-refractivity contribution in [1.82, 2.24) is 4.98 Å². The van der Waals surface area contributed by atoms with Crippen molar-refractivity contribution in [3.05, 3.63) is 33.2 Å². The third kappa shape index (κ3) is 2.43. The van der Waals surface area contributed by atoms with Gasteiger partial charge in [0.1, 0.15) is 0 Å². The van der Waals surface area contributed by atoms with E-state index in [-0.39, 0.29) is 12.1 Å². The second kappa shape index (κ2) is 4.93. The Morgan fingerprint density at radius 1 is 1.57 bits per heavy atom. The standard InChI is InChI=1S/C10H16N2O2/c1-3-14-6-8-4-7(2)12-10(13)9(8)5-11/h4H,3,5-6,11H2,1-2H3,(H,12,13). The summed E-state index contributed by atoms with van der Waals surface area (Å²) in [5.41, 5.74) is 7.72. The molecule has 14 heavy (non-hydrogen) atoms. The van der Waals surface area contributed by atoms with E-state index in [1.165, 1.54) is 0 Å². The van der Waals surface area contributed by atoms with Crippen LogP contribution in [0.5, 0.6) is 0 Å². The second-order valence-electron chi connectivity index (χ2n) is 3.13. The summed E-state index contributed by atoms with van der Waals surface area (Å²) in [6.07, 6.45) is 0. The molecule has 0 aliphatic rings. The summed E-state index contributed by atoms with van der Waals surface area (Å²) in [6.45, 7) is 5.10. The van der Waals surface area contributed by atoms with Crippen molar-refractivity contribution < 1.29 is 4.74 Å². The van der Waals surface area contributed by atoms with E-state index in [1.54, 1.807) is 0 Å². The van der Waals surface area contributed by atoms with Gasteiger partial charge in [-0.2, -0.15) is 0 Å². The largest absolute Gasteiger partial charge is 0.377 e. The van der Waals surface area contributed by atoms with Crippen molar-refractivity contribution in [2.75, 3.05) is 6.61 Å². The molecule has 0 spiro atoms. The number of ether oxygens (including phenoxy) is 1. The molecule has 0 aliphatic carbocycles. The van der Waals surface area contributed by atoms with Crippen LogP contribution in [0.3, 0.4) is 0 Å². The Hall–Kier alpha value is -1.13. The number of aryl methyl sites for hydroxylation is 1. The van der Waals surface area contributed by atoms with Gasteiger partial charge in [0, 0.05) is 24.4 Å². The fourth-order valence-corrected chi connectivity index (χ4v) is 1.35. The summed E-state index contributed by atoms with van der Waals surface area (Å²) in [4.78, 5) is 14.2. The van der Waals surface area contributed by atoms with Gasteiger partial charge in [-0.25, -0.2) is 0 Å². The van der Waals surface area contributed by atoms with Crippen LogP contribution in [0.1, 0.15) is 23.7 Å². The number of hydrogen-bond donors (Lipinski definition) is 2. The molecule has 0 radical (unpaired) electrons. The lowest BCUT2D eigenvalue weighted by Crippen LogP contribution is -2.20. The second-order valence-corrected chi connectivity index (χ2v) is 3.13. The molecule has 4 heteroatoms. The van der Waals surface area contributed by atoms with Crippen molar-refractivity contribution in [2.45, 2.75) is 27.0 Å². The highest BCUT2D eigenvalue weighted by atomic mass is 16.5. The van der Waals surface area contributed by atoms with Gasteiger partial charge in [-0.15, -0.1) is 0 Å². The zero-order valence-corrected chi connectivity index (χ0v) is 8.59. The molecule has 1 aromatic rings. The van der Waals surface area contributed by atoms with E-state index in [9.17, 15) is 4.79 Å². The first-order valence-electron chi connectivity index (χ1n) is 4.68. The number of nitrogens with two attached hydrogens (primary N) is 1. The molecule has 0 saturated heterocycles. The van der Waals surface area contributed by atoms with Crippen LogP contribution in [0.15, 0.2) is 10.9 Å². The molecule has 0 fully saturated rings. The Morgan fingerprint density at radius 2 is 2.29 bits per heavy atom. The molecule has 0 bridgehead atoms. The van der Waals surface area contributed by atoms with Crippen LogP contribution in [-0.4, -0.2) is 11.6 Å². The zero-order chi connectivity index (χ0) is 10.6. The molecular formula is C10H16N2O2. The molecular weight excluding hydrogens is 180 g/mol. The Balaban J connectivity index is 3.05. The lowest BCUT2D eigenvalue weighted by molar-refractivity contribution is 0.133. The molecule has 78 valence electrons. The smallest absolute Gasteiger partial charge is 0.252 e. The summed E-state index contributed by atoms with van der Waals surface area (Å²) >= 11 is 0. The van der Waals surface area contributed by atoms with Crippen LogP contribution < -0.4 is 11.3 Å². The number of pyridine rings is 1. The Morgan fingerprint density at radius 3 is 2.86 bits per heavy atom. The SMILES string of the molecule is CCOCc1cc(C)[nH]c(=O)c1CN. The van der Waals surface area contributed by atoms with Crippen molar-refractivity contribution in [1.29, 1.82) is 0 Å². The third-order valence-corrected chi connectivity index (χ3v) is 2.03. The molecule has 1 heterocycles. The molecule has 0 amide bonds. The molecule has 1 rings (SSSR count). The fourth-order valence-electron chi connectivity index (χ4n) is 1.35. The van der Waals surface area contributed by atoms with E-state index in [1.807, 2.05) is 19.9 Å². The summed E-state index contributed by atoms with van der Waals surface area (Å²) in [7, 11) is 0. The summed E-state index contributed by atoms with van der Waals surface area (Å²) in [5, 5.41) is 0. The minimum absolute atomic E-state index is 0.109. The fraction of sp³-hybridized carbons (Fsp3) is 0.500. The minimum atomic E-state index is -0.109. The molecule has 1 aromatic heterocycles. The first kappa shape index (κ1) is 10.9. The van der Waals surface area contributed by atoms with E-state index in [0.29, 0.717) is 18.8 Å². The molecule has 0 unspecified atom stereocenters. The maximum Gasteiger partial charge on any atom is 0.252 e. The van der Waals surface area contributed by atoms with E-state index >= 15 is 0 Å². The maximum absolute atomic E-state index is 11.5. The molecule has 0 aliphatic heterocycles. The Labute approximate surface area is 83.1 Å². The van der Waals surface area contributed by atoms with E-state index in [0.717, 1.165) is 11.3 Å². The van der Waals surface area contributed by atoms with E-state index in [2.05, 4.69) is 4.98 Å². The highest BCUT2D eigenvalue weighted by molar-refractivity contribution is 5.25. The number of aromatic amines is 1. The summed E-state index contributed by atoms with van der Waals surface area (Å²) < 4.78 is 5.26. The van der Waals surface area contributed by atoms with Gasteiger partial charge in [0.2, 0.25) is 0 Å². The highest BCUT2D eigenvalue weighted by Gasteiger charge is 2.06. The van der Waals surface area contributed by atoms with Gasteiger partial charge < -0.3 is 15.5 Å². The lowest BCUT2D eigenvalue weighted by Gasteiger charge is -2.07. The topological polar surface area (TPSA) is 68.1 Å². The minimum Gasteiger partial charge on any atom is -0.377 e. The van der Waals surface area contributed by atoms with Crippen LogP contribution in [0.25, 0.3) is 0 Å². The van der Waals surface area contributed by atoms with Crippen LogP contribution in [0.2, 0.25) is 0 Å². The molecule has 4 nitrogen and oxygen atoms in total. The van der Waals surface area contributed by atoms with Crippen molar-refractivity contribution in [3.63, 3.8) is 0 Å². The normalized spacial score (nSPS) is 10.5. The van der Waals surface area contributed by atoms with E-state index in [4.69, 9.17) is 10.5 Å². The highest BCUT2D eigenvalue weighted by Crippen LogP contribution is 2.06. The van der Waals surface area contributed by atoms with Crippen LogP contribution >= 0.6 is 0 Å². The summed E-state index contributed by atoms with van der Waals surface area (Å²) in [5.74, 6) is 0. The van der Waals surface area contributed by atoms with Crippen molar-refractivity contribution in [3.8, 4) is 0 Å². The van der Waals surface area contributed by atoms with E-state index < -0.39 is 0 Å². The van der Waals surface area contributed by atoms with Gasteiger partial charge >= 0.3 is 0 Å². The molecule has 3 N–H and O–H groups in total. The number of nitrogens with one attached hydrogen (secondary N) is 1. The Kier molecular flexibility index (Phi) is 3.85. The quantitative estimate of drug-likeness (QED) is 0.744. The Bertz CT molecular complexity index is 358. The van der Waals surface area contributed by atoms with Gasteiger partial charge in [-0.05, 0) is 25.5 Å². The van der Waals surface area contributed by atoms with Crippen LogP contribution in [0.4, 0.5) is 0 Å². The van der Waals surface area contributed by atoms with Gasteiger partial charge in [-0.3, -0.25) is 4.79 Å². The van der Waals surface area contributed by atoms with Crippen molar-refractivity contribution >= 4 is 0 Å². The summed E-state index contributed by atoms with van der Waals surface area (Å²) in [6, 6.07) is 1.90. The zero-order valence-electron chi connectivity index (χ0n) is 8.59. The number of rotatable bonds is 4. The predicted octanol–water partition coefficient (Wildman–Crippen LogP) is 0.679. The molecule has 0 aromatic carbocycles. The number of aromatic nitrogens is 1. The lowest BCUT2D eigenvalue weighted by atomic mass is 10.1. The van der Waals surface area contributed by atoms with Gasteiger partial charge in [0.05, 0.1) is 6.61 Å².